The first kappa shape index (κ1) is 22.4. The van der Waals surface area contributed by atoms with E-state index >= 15 is 0 Å². The summed E-state index contributed by atoms with van der Waals surface area (Å²) in [5, 5.41) is 4.47. The summed E-state index contributed by atoms with van der Waals surface area (Å²) in [5.41, 5.74) is 1.12. The second-order valence-electron chi connectivity index (χ2n) is 9.46. The van der Waals surface area contributed by atoms with Crippen LogP contribution in [0.25, 0.3) is 11.5 Å². The van der Waals surface area contributed by atoms with Gasteiger partial charge in [-0.2, -0.15) is 5.10 Å². The molecule has 0 saturated carbocycles. The topological polar surface area (TPSA) is 63.4 Å². The van der Waals surface area contributed by atoms with Crippen molar-refractivity contribution < 1.29 is 14.0 Å². The van der Waals surface area contributed by atoms with Crippen molar-refractivity contribution in [2.75, 3.05) is 26.2 Å². The number of rotatable bonds is 4. The quantitative estimate of drug-likeness (QED) is 0.589. The van der Waals surface area contributed by atoms with Gasteiger partial charge in [0.15, 0.2) is 5.82 Å². The second kappa shape index (κ2) is 9.44. The fraction of sp³-hybridized carbons (Fsp3) is 0.423. The number of hydrogen-bond donors (Lipinski definition) is 0. The Morgan fingerprint density at radius 1 is 0.971 bits per heavy atom. The third-order valence-electron chi connectivity index (χ3n) is 7.05. The summed E-state index contributed by atoms with van der Waals surface area (Å²) in [6.45, 7) is 4.90. The molecule has 2 aliphatic rings. The molecule has 1 atom stereocenters. The first-order valence-corrected chi connectivity index (χ1v) is 12.1. The van der Waals surface area contributed by atoms with E-state index < -0.39 is 0 Å². The molecule has 0 spiro atoms. The summed E-state index contributed by atoms with van der Waals surface area (Å²) in [6.07, 6.45) is 8.99. The average Bonchev–Trinajstić information content (AvgIpc) is 3.54. The highest BCUT2D eigenvalue weighted by Crippen LogP contribution is 2.26. The Balaban J connectivity index is 1.40. The zero-order valence-corrected chi connectivity index (χ0v) is 19.4. The lowest BCUT2D eigenvalue weighted by molar-refractivity contribution is -0.138. The number of amides is 2. The zero-order chi connectivity index (χ0) is 23.7. The van der Waals surface area contributed by atoms with Gasteiger partial charge < -0.3 is 14.4 Å². The van der Waals surface area contributed by atoms with Crippen LogP contribution < -0.4 is 0 Å². The molecule has 178 valence electrons. The molecule has 1 unspecified atom stereocenters. The molecule has 0 bridgehead atoms. The Bertz CT molecular complexity index is 1150. The summed E-state index contributed by atoms with van der Waals surface area (Å²) in [7, 11) is 0. The van der Waals surface area contributed by atoms with Gasteiger partial charge in [-0.1, -0.05) is 6.92 Å². The van der Waals surface area contributed by atoms with Gasteiger partial charge in [0.25, 0.3) is 5.91 Å². The van der Waals surface area contributed by atoms with Gasteiger partial charge in [0, 0.05) is 38.6 Å². The molecule has 1 aromatic carbocycles. The van der Waals surface area contributed by atoms with Crippen molar-refractivity contribution in [3.8, 4) is 11.5 Å². The SMILES string of the molecule is CC1CCN(C(=O)C2CCCN(C(=O)c3cnn(-c4ccc(F)cc4)c3-n3cccc3)C2)CC1. The lowest BCUT2D eigenvalue weighted by Crippen LogP contribution is -2.48. The molecule has 2 amide bonds. The molecule has 0 N–H and O–H groups in total. The zero-order valence-electron chi connectivity index (χ0n) is 19.4. The molecule has 2 fully saturated rings. The molecule has 2 saturated heterocycles. The molecular weight excluding hydrogens is 433 g/mol. The van der Waals surface area contributed by atoms with Crippen LogP contribution in [0.1, 0.15) is 43.0 Å². The van der Waals surface area contributed by atoms with E-state index in [4.69, 9.17) is 0 Å². The molecule has 7 nitrogen and oxygen atoms in total. The van der Waals surface area contributed by atoms with E-state index in [2.05, 4.69) is 12.0 Å². The molecule has 0 aliphatic carbocycles. The lowest BCUT2D eigenvalue weighted by Gasteiger charge is -2.37. The molecule has 2 aromatic heterocycles. The van der Waals surface area contributed by atoms with Crippen LogP contribution in [-0.4, -0.2) is 62.1 Å². The van der Waals surface area contributed by atoms with Gasteiger partial charge in [-0.3, -0.25) is 9.59 Å². The van der Waals surface area contributed by atoms with Gasteiger partial charge in [0.2, 0.25) is 5.91 Å². The third-order valence-corrected chi connectivity index (χ3v) is 7.05. The number of nitrogens with zero attached hydrogens (tertiary/aromatic N) is 5. The minimum atomic E-state index is -0.332. The minimum Gasteiger partial charge on any atom is -0.342 e. The van der Waals surface area contributed by atoms with E-state index in [1.54, 1.807) is 27.9 Å². The maximum absolute atomic E-state index is 13.7. The normalized spacial score (nSPS) is 19.4. The fourth-order valence-electron chi connectivity index (χ4n) is 5.01. The van der Waals surface area contributed by atoms with Gasteiger partial charge in [0.05, 0.1) is 17.8 Å². The van der Waals surface area contributed by atoms with Gasteiger partial charge in [-0.15, -0.1) is 0 Å². The minimum absolute atomic E-state index is 0.137. The molecule has 8 heteroatoms. The highest BCUT2D eigenvalue weighted by molar-refractivity contribution is 5.97. The lowest BCUT2D eigenvalue weighted by atomic mass is 9.93. The van der Waals surface area contributed by atoms with Crippen molar-refractivity contribution in [3.05, 3.63) is 66.4 Å². The number of carbonyl (C=O) groups excluding carboxylic acids is 2. The summed E-state index contributed by atoms with van der Waals surface area (Å²) >= 11 is 0. The number of carbonyl (C=O) groups is 2. The molecule has 3 aromatic rings. The van der Waals surface area contributed by atoms with Crippen LogP contribution >= 0.6 is 0 Å². The van der Waals surface area contributed by atoms with Gasteiger partial charge in [-0.25, -0.2) is 9.07 Å². The van der Waals surface area contributed by atoms with E-state index in [1.807, 2.05) is 34.0 Å². The molecule has 2 aliphatic heterocycles. The van der Waals surface area contributed by atoms with Crippen molar-refractivity contribution in [1.29, 1.82) is 0 Å². The van der Waals surface area contributed by atoms with Gasteiger partial charge in [0.1, 0.15) is 11.4 Å². The van der Waals surface area contributed by atoms with Crippen LogP contribution in [-0.2, 0) is 4.79 Å². The number of likely N-dealkylation sites (tertiary alicyclic amines) is 2. The van der Waals surface area contributed by atoms with Crippen LogP contribution in [0.15, 0.2) is 55.0 Å². The molecule has 34 heavy (non-hydrogen) atoms. The van der Waals surface area contributed by atoms with Gasteiger partial charge >= 0.3 is 0 Å². The molecule has 4 heterocycles. The number of benzene rings is 1. The van der Waals surface area contributed by atoms with Crippen molar-refractivity contribution >= 4 is 11.8 Å². The summed E-state index contributed by atoms with van der Waals surface area (Å²) in [4.78, 5) is 30.6. The van der Waals surface area contributed by atoms with Crippen molar-refractivity contribution in [3.63, 3.8) is 0 Å². The Kier molecular flexibility index (Phi) is 6.22. The number of piperidine rings is 2. The highest BCUT2D eigenvalue weighted by atomic mass is 19.1. The first-order chi connectivity index (χ1) is 16.5. The highest BCUT2D eigenvalue weighted by Gasteiger charge is 2.34. The standard InChI is InChI=1S/C26H30FN5O2/c1-19-10-15-30(16-11-19)25(33)20-5-4-14-31(18-20)26(34)23-17-28-32(22-8-6-21(27)7-9-22)24(23)29-12-2-3-13-29/h2-3,6-9,12-13,17,19-20H,4-5,10-11,14-16,18H2,1H3. The van der Waals surface area contributed by atoms with Crippen molar-refractivity contribution in [2.45, 2.75) is 32.6 Å². The number of halogens is 1. The van der Waals surface area contributed by atoms with E-state index in [-0.39, 0.29) is 23.5 Å². The van der Waals surface area contributed by atoms with Crippen LogP contribution in [0, 0.1) is 17.7 Å². The van der Waals surface area contributed by atoms with E-state index in [9.17, 15) is 14.0 Å². The van der Waals surface area contributed by atoms with Crippen LogP contribution in [0.5, 0.6) is 0 Å². The monoisotopic (exact) mass is 463 g/mol. The predicted molar refractivity (Wildman–Crippen MR) is 126 cm³/mol. The largest absolute Gasteiger partial charge is 0.342 e. The Labute approximate surface area is 198 Å². The van der Waals surface area contributed by atoms with Crippen molar-refractivity contribution in [1.82, 2.24) is 24.1 Å². The Morgan fingerprint density at radius 3 is 2.38 bits per heavy atom. The number of hydrogen-bond acceptors (Lipinski definition) is 3. The molecule has 0 radical (unpaired) electrons. The Morgan fingerprint density at radius 2 is 1.68 bits per heavy atom. The van der Waals surface area contributed by atoms with Crippen LogP contribution in [0.2, 0.25) is 0 Å². The van der Waals surface area contributed by atoms with Crippen LogP contribution in [0.3, 0.4) is 0 Å². The Hall–Kier alpha value is -3.42. The van der Waals surface area contributed by atoms with Crippen LogP contribution in [0.4, 0.5) is 4.39 Å². The summed E-state index contributed by atoms with van der Waals surface area (Å²) in [5.74, 6) is 0.812. The maximum atomic E-state index is 13.7. The number of aromatic nitrogens is 3. The third kappa shape index (κ3) is 4.36. The van der Waals surface area contributed by atoms with E-state index in [0.717, 1.165) is 38.8 Å². The summed E-state index contributed by atoms with van der Waals surface area (Å²) in [6, 6.07) is 9.79. The maximum Gasteiger partial charge on any atom is 0.259 e. The van der Waals surface area contributed by atoms with E-state index in [0.29, 0.717) is 36.1 Å². The molecule has 5 rings (SSSR count). The predicted octanol–water partition coefficient (Wildman–Crippen LogP) is 3.91. The average molecular weight is 464 g/mol. The van der Waals surface area contributed by atoms with Crippen molar-refractivity contribution in [2.24, 2.45) is 11.8 Å². The molecular formula is C26H30FN5O2. The fourth-order valence-corrected chi connectivity index (χ4v) is 5.01. The van der Waals surface area contributed by atoms with Gasteiger partial charge in [-0.05, 0) is 68.0 Å². The second-order valence-corrected chi connectivity index (χ2v) is 9.46. The van der Waals surface area contributed by atoms with E-state index in [1.165, 1.54) is 12.1 Å². The summed E-state index contributed by atoms with van der Waals surface area (Å²) < 4.78 is 17.0. The first-order valence-electron chi connectivity index (χ1n) is 12.1. The smallest absolute Gasteiger partial charge is 0.259 e.